The number of hydrogen-bond donors (Lipinski definition) is 3. The van der Waals surface area contributed by atoms with Crippen molar-refractivity contribution in [3.8, 4) is 0 Å². The van der Waals surface area contributed by atoms with Gasteiger partial charge in [-0.25, -0.2) is 14.0 Å². The molecule has 2 aromatic rings. The molecule has 0 aromatic heterocycles. The molecule has 1 aliphatic heterocycles. The molecule has 0 radical (unpaired) electrons. The molecule has 1 amide bonds. The minimum Gasteiger partial charge on any atom is -0.475 e. The molecule has 4 N–H and O–H groups in total. The zero-order valence-corrected chi connectivity index (χ0v) is 15.9. The molecule has 0 spiro atoms. The number of nitrogens with two attached hydrogens (primary N) is 1. The number of esters is 1. The number of halogens is 4. The van der Waals surface area contributed by atoms with Gasteiger partial charge in [-0.15, -0.1) is 0 Å². The number of carboxylic acids is 1. The third-order valence-corrected chi connectivity index (χ3v) is 4.24. The minimum absolute atomic E-state index is 0.0334. The summed E-state index contributed by atoms with van der Waals surface area (Å²) < 4.78 is 50.7. The van der Waals surface area contributed by atoms with E-state index < -0.39 is 35.9 Å². The molecule has 11 heteroatoms. The Morgan fingerprint density at radius 1 is 1.13 bits per heavy atom. The van der Waals surface area contributed by atoms with Gasteiger partial charge in [0.2, 0.25) is 0 Å². The Hall–Kier alpha value is -3.47. The van der Waals surface area contributed by atoms with Crippen molar-refractivity contribution in [1.82, 2.24) is 5.32 Å². The topological polar surface area (TPSA) is 119 Å². The summed E-state index contributed by atoms with van der Waals surface area (Å²) in [6.07, 6.45) is -6.07. The quantitative estimate of drug-likeness (QED) is 0.494. The molecule has 1 unspecified atom stereocenters. The van der Waals surface area contributed by atoms with Crippen molar-refractivity contribution in [2.24, 2.45) is 5.73 Å². The molecule has 0 aliphatic carbocycles. The van der Waals surface area contributed by atoms with Gasteiger partial charge >= 0.3 is 18.1 Å². The van der Waals surface area contributed by atoms with Crippen LogP contribution in [0, 0.1) is 5.82 Å². The van der Waals surface area contributed by atoms with E-state index in [9.17, 15) is 27.2 Å². The first-order chi connectivity index (χ1) is 14.5. The summed E-state index contributed by atoms with van der Waals surface area (Å²) in [7, 11) is 0. The van der Waals surface area contributed by atoms with Gasteiger partial charge in [-0.2, -0.15) is 13.2 Å². The highest BCUT2D eigenvalue weighted by Crippen LogP contribution is 2.23. The first kappa shape index (κ1) is 23.8. The fourth-order valence-corrected chi connectivity index (χ4v) is 2.62. The van der Waals surface area contributed by atoms with E-state index in [2.05, 4.69) is 5.32 Å². The smallest absolute Gasteiger partial charge is 0.475 e. The molecule has 0 saturated heterocycles. The summed E-state index contributed by atoms with van der Waals surface area (Å²) in [4.78, 5) is 33.0. The third-order valence-electron chi connectivity index (χ3n) is 4.24. The Labute approximate surface area is 173 Å². The van der Waals surface area contributed by atoms with E-state index in [1.807, 2.05) is 24.3 Å². The highest BCUT2D eigenvalue weighted by atomic mass is 19.4. The summed E-state index contributed by atoms with van der Waals surface area (Å²) in [6.45, 7) is 0.748. The van der Waals surface area contributed by atoms with Crippen molar-refractivity contribution < 1.29 is 41.8 Å². The zero-order chi connectivity index (χ0) is 23.2. The second kappa shape index (κ2) is 10.0. The van der Waals surface area contributed by atoms with Crippen LogP contribution in [0.3, 0.4) is 0 Å². The fourth-order valence-electron chi connectivity index (χ4n) is 2.62. The van der Waals surface area contributed by atoms with Crippen LogP contribution in [0.4, 0.5) is 17.6 Å². The molecule has 1 atom stereocenters. The van der Waals surface area contributed by atoms with Gasteiger partial charge in [-0.05, 0) is 23.3 Å². The number of carboxylic acid groups (broad SMARTS) is 1. The lowest BCUT2D eigenvalue weighted by atomic mass is 9.97. The number of carbonyl (C=O) groups is 3. The van der Waals surface area contributed by atoms with Crippen LogP contribution in [-0.4, -0.2) is 35.2 Å². The molecule has 0 fully saturated rings. The maximum atomic E-state index is 13.9. The van der Waals surface area contributed by atoms with Crippen molar-refractivity contribution in [3.63, 3.8) is 0 Å². The largest absolute Gasteiger partial charge is 0.490 e. The van der Waals surface area contributed by atoms with E-state index in [-0.39, 0.29) is 17.5 Å². The Morgan fingerprint density at radius 2 is 1.71 bits per heavy atom. The number of hydrogen-bond acceptors (Lipinski definition) is 5. The number of cyclic esters (lactones) is 1. The third kappa shape index (κ3) is 6.51. The molecule has 3 rings (SSSR count). The van der Waals surface area contributed by atoms with Crippen LogP contribution in [0.5, 0.6) is 0 Å². The van der Waals surface area contributed by atoms with E-state index in [0.717, 1.165) is 11.1 Å². The highest BCUT2D eigenvalue weighted by molar-refractivity contribution is 5.95. The van der Waals surface area contributed by atoms with Gasteiger partial charge in [-0.1, -0.05) is 30.3 Å². The Kier molecular flexibility index (Phi) is 7.70. The number of alkyl halides is 3. The van der Waals surface area contributed by atoms with E-state index in [1.165, 1.54) is 18.2 Å². The molecule has 1 heterocycles. The molecular formula is C20H18F4N2O5. The molecule has 7 nitrogen and oxygen atoms in total. The number of carbonyl (C=O) groups excluding carboxylic acids is 2. The van der Waals surface area contributed by atoms with Crippen LogP contribution < -0.4 is 11.1 Å². The lowest BCUT2D eigenvalue weighted by Crippen LogP contribution is -2.41. The molecule has 0 bridgehead atoms. The molecule has 166 valence electrons. The van der Waals surface area contributed by atoms with Crippen molar-refractivity contribution >= 4 is 17.8 Å². The van der Waals surface area contributed by atoms with Gasteiger partial charge in [-0.3, -0.25) is 4.79 Å². The predicted molar refractivity (Wildman–Crippen MR) is 99.2 cm³/mol. The van der Waals surface area contributed by atoms with Crippen LogP contribution in [0.2, 0.25) is 0 Å². The first-order valence-corrected chi connectivity index (χ1v) is 8.87. The van der Waals surface area contributed by atoms with Crippen LogP contribution in [0.1, 0.15) is 27.0 Å². The average Bonchev–Trinajstić information content (AvgIpc) is 2.72. The number of fused-ring (bicyclic) bond motifs is 1. The summed E-state index contributed by atoms with van der Waals surface area (Å²) >= 11 is 0. The SMILES string of the molecule is NCc1ccc(CNC(=O)C2Cc3c(F)cccc3C(=O)O2)cc1.O=C(O)C(F)(F)F. The molecule has 1 aliphatic rings. The van der Waals surface area contributed by atoms with Crippen molar-refractivity contribution in [1.29, 1.82) is 0 Å². The van der Waals surface area contributed by atoms with Gasteiger partial charge in [0, 0.05) is 25.1 Å². The van der Waals surface area contributed by atoms with Gasteiger partial charge < -0.3 is 20.9 Å². The monoisotopic (exact) mass is 442 g/mol. The Balaban J connectivity index is 0.000000423. The van der Waals surface area contributed by atoms with Crippen LogP contribution in [-0.2, 0) is 33.8 Å². The van der Waals surface area contributed by atoms with Crippen LogP contribution >= 0.6 is 0 Å². The standard InChI is InChI=1S/C18H17FN2O3.C2HF3O2/c19-15-3-1-2-13-14(15)8-16(24-18(13)23)17(22)21-10-12-6-4-11(9-20)5-7-12;3-2(4,5)1(6)7/h1-7,16H,8-10,20H2,(H,21,22);(H,6,7). The number of ether oxygens (including phenoxy) is 1. The molecule has 0 saturated carbocycles. The van der Waals surface area contributed by atoms with E-state index in [1.54, 1.807) is 0 Å². The number of aliphatic carboxylic acids is 1. The van der Waals surface area contributed by atoms with Gasteiger partial charge in [0.25, 0.3) is 5.91 Å². The molecule has 2 aromatic carbocycles. The van der Waals surface area contributed by atoms with Gasteiger partial charge in [0.1, 0.15) is 5.82 Å². The van der Waals surface area contributed by atoms with Crippen LogP contribution in [0.25, 0.3) is 0 Å². The zero-order valence-electron chi connectivity index (χ0n) is 15.9. The summed E-state index contributed by atoms with van der Waals surface area (Å²) in [6, 6.07) is 11.7. The molecular weight excluding hydrogens is 424 g/mol. The number of nitrogens with one attached hydrogen (secondary N) is 1. The van der Waals surface area contributed by atoms with E-state index in [4.69, 9.17) is 20.4 Å². The second-order valence-corrected chi connectivity index (χ2v) is 6.41. The van der Waals surface area contributed by atoms with Crippen molar-refractivity contribution in [2.75, 3.05) is 0 Å². The van der Waals surface area contributed by atoms with Crippen molar-refractivity contribution in [3.05, 3.63) is 70.5 Å². The fraction of sp³-hybridized carbons (Fsp3) is 0.250. The summed E-state index contributed by atoms with van der Waals surface area (Å²) in [5.74, 6) is -4.38. The van der Waals surface area contributed by atoms with Crippen LogP contribution in [0.15, 0.2) is 42.5 Å². The second-order valence-electron chi connectivity index (χ2n) is 6.41. The number of amides is 1. The van der Waals surface area contributed by atoms with Gasteiger partial charge in [0.05, 0.1) is 5.56 Å². The predicted octanol–water partition coefficient (Wildman–Crippen LogP) is 2.32. The van der Waals surface area contributed by atoms with E-state index >= 15 is 0 Å². The Bertz CT molecular complexity index is 961. The van der Waals surface area contributed by atoms with E-state index in [0.29, 0.717) is 13.1 Å². The normalized spacial score (nSPS) is 15.1. The maximum absolute atomic E-state index is 13.9. The Morgan fingerprint density at radius 3 is 2.26 bits per heavy atom. The number of rotatable bonds is 4. The number of benzene rings is 2. The highest BCUT2D eigenvalue weighted by Gasteiger charge is 2.38. The lowest BCUT2D eigenvalue weighted by molar-refractivity contribution is -0.192. The maximum Gasteiger partial charge on any atom is 0.490 e. The summed E-state index contributed by atoms with van der Waals surface area (Å²) in [5.41, 5.74) is 7.83. The first-order valence-electron chi connectivity index (χ1n) is 8.87. The van der Waals surface area contributed by atoms with Crippen molar-refractivity contribution in [2.45, 2.75) is 31.8 Å². The lowest BCUT2D eigenvalue weighted by Gasteiger charge is -2.24. The minimum atomic E-state index is -5.08. The summed E-state index contributed by atoms with van der Waals surface area (Å²) in [5, 5.41) is 9.83. The van der Waals surface area contributed by atoms with Gasteiger partial charge in [0.15, 0.2) is 6.10 Å². The average molecular weight is 442 g/mol. The molecule has 31 heavy (non-hydrogen) atoms.